The Morgan fingerprint density at radius 3 is 1.25 bits per heavy atom. The Labute approximate surface area is 146 Å². The zero-order chi connectivity index (χ0) is 16.8. The van der Waals surface area contributed by atoms with Crippen LogP contribution in [0.5, 0.6) is 11.5 Å². The van der Waals surface area contributed by atoms with Crippen LogP contribution in [0.15, 0.2) is 12.1 Å². The van der Waals surface area contributed by atoms with Crippen LogP contribution in [0.3, 0.4) is 0 Å². The van der Waals surface area contributed by atoms with Crippen molar-refractivity contribution >= 4 is 0 Å². The third-order valence-electron chi connectivity index (χ3n) is 5.47. The summed E-state index contributed by atoms with van der Waals surface area (Å²) in [5, 5.41) is 20.9. The van der Waals surface area contributed by atoms with Crippen molar-refractivity contribution in [2.45, 2.75) is 64.5 Å². The highest BCUT2D eigenvalue weighted by molar-refractivity contribution is 5.45. The second kappa shape index (κ2) is 8.72. The summed E-state index contributed by atoms with van der Waals surface area (Å²) in [4.78, 5) is 4.80. The number of benzene rings is 1. The normalized spacial score (nSPS) is 21.3. The molecule has 2 N–H and O–H groups in total. The van der Waals surface area contributed by atoms with Gasteiger partial charge in [0.25, 0.3) is 0 Å². The smallest absolute Gasteiger partial charge is 0.120 e. The summed E-state index contributed by atoms with van der Waals surface area (Å²) in [5.74, 6) is 0.670. The second-order valence-electron chi connectivity index (χ2n) is 7.49. The van der Waals surface area contributed by atoms with Crippen LogP contribution in [0, 0.1) is 0 Å². The van der Waals surface area contributed by atoms with Gasteiger partial charge in [-0.2, -0.15) is 0 Å². The van der Waals surface area contributed by atoms with Gasteiger partial charge >= 0.3 is 0 Å². The van der Waals surface area contributed by atoms with E-state index in [0.29, 0.717) is 11.5 Å². The average Bonchev–Trinajstić information content (AvgIpc) is 2.97. The number of hydrogen-bond acceptors (Lipinski definition) is 4. The van der Waals surface area contributed by atoms with Crippen LogP contribution in [0.4, 0.5) is 0 Å². The van der Waals surface area contributed by atoms with E-state index in [1.807, 2.05) is 0 Å². The first-order chi connectivity index (χ1) is 11.7. The summed E-state index contributed by atoms with van der Waals surface area (Å²) >= 11 is 0. The third kappa shape index (κ3) is 4.87. The first-order valence-corrected chi connectivity index (χ1v) is 9.71. The minimum absolute atomic E-state index is 0.335. The van der Waals surface area contributed by atoms with E-state index in [-0.39, 0.29) is 0 Å². The molecule has 0 bridgehead atoms. The molecule has 4 heteroatoms. The first kappa shape index (κ1) is 17.6. The lowest BCUT2D eigenvalue weighted by Gasteiger charge is -2.23. The summed E-state index contributed by atoms with van der Waals surface area (Å²) in [6, 6.07) is 3.57. The summed E-state index contributed by atoms with van der Waals surface area (Å²) in [5.41, 5.74) is 1.71. The summed E-state index contributed by atoms with van der Waals surface area (Å²) in [7, 11) is 0. The van der Waals surface area contributed by atoms with Gasteiger partial charge in [-0.1, -0.05) is 25.7 Å². The fraction of sp³-hybridized carbons (Fsp3) is 0.700. The Kier molecular flexibility index (Phi) is 6.38. The van der Waals surface area contributed by atoms with E-state index in [1.165, 1.54) is 51.4 Å². The molecule has 1 aromatic carbocycles. The highest BCUT2D eigenvalue weighted by Gasteiger charge is 2.16. The van der Waals surface area contributed by atoms with Crippen molar-refractivity contribution in [3.63, 3.8) is 0 Å². The predicted molar refractivity (Wildman–Crippen MR) is 97.3 cm³/mol. The molecule has 2 saturated heterocycles. The fourth-order valence-corrected chi connectivity index (χ4v) is 3.99. The Morgan fingerprint density at radius 1 is 0.583 bits per heavy atom. The molecule has 24 heavy (non-hydrogen) atoms. The molecule has 0 aromatic heterocycles. The molecule has 0 unspecified atom stereocenters. The van der Waals surface area contributed by atoms with Crippen molar-refractivity contribution in [1.82, 2.24) is 9.80 Å². The first-order valence-electron chi connectivity index (χ1n) is 9.71. The molecule has 0 atom stereocenters. The third-order valence-corrected chi connectivity index (χ3v) is 5.47. The van der Waals surface area contributed by atoms with Gasteiger partial charge in [-0.15, -0.1) is 0 Å². The highest BCUT2D eigenvalue weighted by Crippen LogP contribution is 2.30. The molecule has 0 saturated carbocycles. The average molecular weight is 332 g/mol. The Morgan fingerprint density at radius 2 is 0.917 bits per heavy atom. The Hall–Kier alpha value is -1.26. The van der Waals surface area contributed by atoms with Crippen molar-refractivity contribution in [3.05, 3.63) is 23.3 Å². The van der Waals surface area contributed by atoms with E-state index in [9.17, 15) is 10.2 Å². The van der Waals surface area contributed by atoms with Gasteiger partial charge in [-0.25, -0.2) is 0 Å². The molecule has 0 spiro atoms. The standard InChI is InChI=1S/C20H32N2O2/c23-19-14-18(16-22-11-7-3-4-8-12-22)20(24)13-17(19)15-21-9-5-1-2-6-10-21/h13-14,23-24H,1-12,15-16H2. The maximum atomic E-state index is 10.4. The lowest BCUT2D eigenvalue weighted by Crippen LogP contribution is -2.25. The zero-order valence-corrected chi connectivity index (χ0v) is 14.8. The van der Waals surface area contributed by atoms with E-state index in [0.717, 1.165) is 50.4 Å². The fourth-order valence-electron chi connectivity index (χ4n) is 3.99. The quantitative estimate of drug-likeness (QED) is 0.822. The monoisotopic (exact) mass is 332 g/mol. The number of likely N-dealkylation sites (tertiary alicyclic amines) is 2. The summed E-state index contributed by atoms with van der Waals surface area (Å²) < 4.78 is 0. The molecule has 0 amide bonds. The van der Waals surface area contributed by atoms with Crippen LogP contribution in [0.2, 0.25) is 0 Å². The highest BCUT2D eigenvalue weighted by atomic mass is 16.3. The van der Waals surface area contributed by atoms with Crippen LogP contribution >= 0.6 is 0 Å². The molecular formula is C20H32N2O2. The molecule has 2 aliphatic heterocycles. The number of phenolic OH excluding ortho intramolecular Hbond substituents is 2. The molecule has 2 heterocycles. The summed E-state index contributed by atoms with van der Waals surface area (Å²) in [6.45, 7) is 5.85. The van der Waals surface area contributed by atoms with Crippen LogP contribution < -0.4 is 0 Å². The minimum atomic E-state index is 0.335. The van der Waals surface area contributed by atoms with Gasteiger partial charge in [0.05, 0.1) is 0 Å². The van der Waals surface area contributed by atoms with Crippen LogP contribution in [0.25, 0.3) is 0 Å². The lowest BCUT2D eigenvalue weighted by atomic mass is 10.1. The van der Waals surface area contributed by atoms with Crippen molar-refractivity contribution in [2.24, 2.45) is 0 Å². The number of aromatic hydroxyl groups is 2. The minimum Gasteiger partial charge on any atom is -0.508 e. The molecule has 1 aromatic rings. The molecule has 0 radical (unpaired) electrons. The number of hydrogen-bond donors (Lipinski definition) is 2. The maximum absolute atomic E-state index is 10.4. The number of phenols is 2. The molecule has 4 nitrogen and oxygen atoms in total. The SMILES string of the molecule is Oc1cc(CN2CCCCCC2)c(O)cc1CN1CCCCCC1. The van der Waals surface area contributed by atoms with Crippen LogP contribution in [-0.2, 0) is 13.1 Å². The topological polar surface area (TPSA) is 46.9 Å². The van der Waals surface area contributed by atoms with Crippen LogP contribution in [-0.4, -0.2) is 46.2 Å². The van der Waals surface area contributed by atoms with Crippen molar-refractivity contribution in [1.29, 1.82) is 0 Å². The summed E-state index contributed by atoms with van der Waals surface area (Å²) in [6.07, 6.45) is 10.2. The largest absolute Gasteiger partial charge is 0.508 e. The van der Waals surface area contributed by atoms with Crippen molar-refractivity contribution < 1.29 is 10.2 Å². The molecule has 2 aliphatic rings. The second-order valence-corrected chi connectivity index (χ2v) is 7.49. The van der Waals surface area contributed by atoms with Gasteiger partial charge in [0.15, 0.2) is 0 Å². The van der Waals surface area contributed by atoms with Gasteiger partial charge in [0.1, 0.15) is 11.5 Å². The van der Waals surface area contributed by atoms with Crippen molar-refractivity contribution in [2.75, 3.05) is 26.2 Å². The Bertz CT molecular complexity index is 469. The van der Waals surface area contributed by atoms with Gasteiger partial charge < -0.3 is 10.2 Å². The van der Waals surface area contributed by atoms with Gasteiger partial charge in [0, 0.05) is 24.2 Å². The number of nitrogens with zero attached hydrogens (tertiary/aromatic N) is 2. The molecule has 2 fully saturated rings. The van der Waals surface area contributed by atoms with E-state index in [1.54, 1.807) is 12.1 Å². The Balaban J connectivity index is 1.65. The molecular weight excluding hydrogens is 300 g/mol. The van der Waals surface area contributed by atoms with E-state index >= 15 is 0 Å². The number of rotatable bonds is 4. The lowest BCUT2D eigenvalue weighted by molar-refractivity contribution is 0.267. The van der Waals surface area contributed by atoms with Crippen molar-refractivity contribution in [3.8, 4) is 11.5 Å². The molecule has 134 valence electrons. The predicted octanol–water partition coefficient (Wildman–Crippen LogP) is 3.85. The van der Waals surface area contributed by atoms with Gasteiger partial charge in [0.2, 0.25) is 0 Å². The molecule has 0 aliphatic carbocycles. The van der Waals surface area contributed by atoms with Gasteiger partial charge in [-0.3, -0.25) is 9.80 Å². The maximum Gasteiger partial charge on any atom is 0.120 e. The molecule has 3 rings (SSSR count). The van der Waals surface area contributed by atoms with E-state index < -0.39 is 0 Å². The van der Waals surface area contributed by atoms with E-state index in [2.05, 4.69) is 9.80 Å². The van der Waals surface area contributed by atoms with Crippen LogP contribution in [0.1, 0.15) is 62.5 Å². The zero-order valence-electron chi connectivity index (χ0n) is 14.8. The van der Waals surface area contributed by atoms with Gasteiger partial charge in [-0.05, 0) is 64.0 Å². The van der Waals surface area contributed by atoms with E-state index in [4.69, 9.17) is 0 Å².